The average Bonchev–Trinajstić information content (AvgIpc) is 2.95. The molecule has 2 aromatic rings. The first-order chi connectivity index (χ1) is 14.3. The van der Waals surface area contributed by atoms with E-state index in [4.69, 9.17) is 11.6 Å². The van der Waals surface area contributed by atoms with Crippen molar-refractivity contribution in [3.63, 3.8) is 0 Å². The third-order valence-electron chi connectivity index (χ3n) is 6.09. The molecule has 2 heterocycles. The van der Waals surface area contributed by atoms with Gasteiger partial charge in [-0.15, -0.1) is 0 Å². The molecule has 2 saturated heterocycles. The lowest BCUT2D eigenvalue weighted by molar-refractivity contribution is -0.133. The highest BCUT2D eigenvalue weighted by Gasteiger charge is 2.52. The molecule has 0 saturated carbocycles. The molecule has 6 nitrogen and oxygen atoms in total. The maximum atomic E-state index is 13.2. The predicted molar refractivity (Wildman–Crippen MR) is 114 cm³/mol. The molecule has 7 heteroatoms. The lowest BCUT2D eigenvalue weighted by atomic mass is 9.87. The van der Waals surface area contributed by atoms with Gasteiger partial charge in [-0.1, -0.05) is 47.5 Å². The Morgan fingerprint density at radius 3 is 2.50 bits per heavy atom. The SMILES string of the molecule is Cc1ccc(C)c(CN2C(=O)NC3(CCN(C(=O)c4ccccc4Cl)CC3)C2=O)c1. The number of aryl methyl sites for hydroxylation is 2. The summed E-state index contributed by atoms with van der Waals surface area (Å²) < 4.78 is 0. The van der Waals surface area contributed by atoms with Crippen LogP contribution >= 0.6 is 11.6 Å². The highest BCUT2D eigenvalue weighted by atomic mass is 35.5. The normalized spacial score (nSPS) is 18.1. The maximum Gasteiger partial charge on any atom is 0.325 e. The summed E-state index contributed by atoms with van der Waals surface area (Å²) in [4.78, 5) is 41.6. The highest BCUT2D eigenvalue weighted by Crippen LogP contribution is 2.32. The van der Waals surface area contributed by atoms with Gasteiger partial charge >= 0.3 is 6.03 Å². The van der Waals surface area contributed by atoms with Crippen molar-refractivity contribution in [2.45, 2.75) is 38.8 Å². The van der Waals surface area contributed by atoms with E-state index in [-0.39, 0.29) is 24.4 Å². The summed E-state index contributed by atoms with van der Waals surface area (Å²) in [5.74, 6) is -0.363. The lowest BCUT2D eigenvalue weighted by Crippen LogP contribution is -2.55. The summed E-state index contributed by atoms with van der Waals surface area (Å²) in [5.41, 5.74) is 2.60. The number of likely N-dealkylation sites (tertiary alicyclic amines) is 1. The van der Waals surface area contributed by atoms with Crippen LogP contribution in [0.5, 0.6) is 0 Å². The van der Waals surface area contributed by atoms with Crippen LogP contribution in [0.25, 0.3) is 0 Å². The van der Waals surface area contributed by atoms with E-state index in [2.05, 4.69) is 5.32 Å². The Balaban J connectivity index is 1.47. The minimum Gasteiger partial charge on any atom is -0.338 e. The number of piperidine rings is 1. The molecule has 0 unspecified atom stereocenters. The number of urea groups is 1. The third-order valence-corrected chi connectivity index (χ3v) is 6.42. The first kappa shape index (κ1) is 20.4. The Hall–Kier alpha value is -2.86. The summed E-state index contributed by atoms with van der Waals surface area (Å²) in [5, 5.41) is 3.32. The zero-order chi connectivity index (χ0) is 21.5. The molecule has 2 aromatic carbocycles. The molecule has 30 heavy (non-hydrogen) atoms. The first-order valence-corrected chi connectivity index (χ1v) is 10.4. The Morgan fingerprint density at radius 2 is 1.80 bits per heavy atom. The van der Waals surface area contributed by atoms with E-state index < -0.39 is 5.54 Å². The summed E-state index contributed by atoms with van der Waals surface area (Å²) in [6.07, 6.45) is 0.772. The van der Waals surface area contributed by atoms with Gasteiger partial charge in [0, 0.05) is 13.1 Å². The van der Waals surface area contributed by atoms with E-state index in [0.29, 0.717) is 36.5 Å². The van der Waals surface area contributed by atoms with Gasteiger partial charge in [-0.2, -0.15) is 0 Å². The fraction of sp³-hybridized carbons (Fsp3) is 0.348. The number of amides is 4. The van der Waals surface area contributed by atoms with Crippen LogP contribution < -0.4 is 5.32 Å². The van der Waals surface area contributed by atoms with Crippen molar-refractivity contribution in [3.05, 3.63) is 69.7 Å². The second-order valence-electron chi connectivity index (χ2n) is 8.11. The molecule has 2 aliphatic rings. The van der Waals surface area contributed by atoms with Gasteiger partial charge in [0.25, 0.3) is 11.8 Å². The Kier molecular flexibility index (Phi) is 5.28. The highest BCUT2D eigenvalue weighted by molar-refractivity contribution is 6.33. The van der Waals surface area contributed by atoms with Crippen LogP contribution in [-0.2, 0) is 11.3 Å². The monoisotopic (exact) mass is 425 g/mol. The fourth-order valence-corrected chi connectivity index (χ4v) is 4.41. The zero-order valence-corrected chi connectivity index (χ0v) is 17.8. The van der Waals surface area contributed by atoms with Gasteiger partial charge in [0.15, 0.2) is 0 Å². The molecule has 0 aromatic heterocycles. The number of nitrogens with one attached hydrogen (secondary N) is 1. The number of carbonyl (C=O) groups is 3. The van der Waals surface area contributed by atoms with Crippen molar-refractivity contribution in [3.8, 4) is 0 Å². The molecule has 0 atom stereocenters. The van der Waals surface area contributed by atoms with Gasteiger partial charge in [0.2, 0.25) is 0 Å². The van der Waals surface area contributed by atoms with Gasteiger partial charge in [0.1, 0.15) is 5.54 Å². The Morgan fingerprint density at radius 1 is 1.10 bits per heavy atom. The largest absolute Gasteiger partial charge is 0.338 e. The van der Waals surface area contributed by atoms with Gasteiger partial charge in [0.05, 0.1) is 17.1 Å². The molecular formula is C23H24ClN3O3. The van der Waals surface area contributed by atoms with Crippen molar-refractivity contribution in [1.82, 2.24) is 15.1 Å². The molecule has 2 aliphatic heterocycles. The third kappa shape index (κ3) is 3.56. The molecule has 2 fully saturated rings. The number of carbonyl (C=O) groups excluding carboxylic acids is 3. The van der Waals surface area contributed by atoms with Crippen LogP contribution in [0.3, 0.4) is 0 Å². The average molecular weight is 426 g/mol. The molecule has 0 aliphatic carbocycles. The summed E-state index contributed by atoms with van der Waals surface area (Å²) in [6.45, 7) is 4.98. The molecule has 156 valence electrons. The molecule has 1 N–H and O–H groups in total. The number of hydrogen-bond acceptors (Lipinski definition) is 3. The minimum absolute atomic E-state index is 0.153. The van der Waals surface area contributed by atoms with Gasteiger partial charge in [-0.3, -0.25) is 14.5 Å². The molecule has 4 rings (SSSR count). The van der Waals surface area contributed by atoms with Crippen molar-refractivity contribution in [1.29, 1.82) is 0 Å². The van der Waals surface area contributed by atoms with E-state index in [0.717, 1.165) is 16.7 Å². The van der Waals surface area contributed by atoms with E-state index >= 15 is 0 Å². The second-order valence-corrected chi connectivity index (χ2v) is 8.51. The summed E-state index contributed by atoms with van der Waals surface area (Å²) in [6, 6.07) is 12.6. The van der Waals surface area contributed by atoms with E-state index in [1.165, 1.54) is 4.90 Å². The van der Waals surface area contributed by atoms with Crippen molar-refractivity contribution >= 4 is 29.4 Å². The van der Waals surface area contributed by atoms with Crippen LogP contribution in [0.1, 0.15) is 39.9 Å². The zero-order valence-electron chi connectivity index (χ0n) is 17.1. The quantitative estimate of drug-likeness (QED) is 0.762. The van der Waals surface area contributed by atoms with Crippen molar-refractivity contribution < 1.29 is 14.4 Å². The molecule has 1 spiro atoms. The number of rotatable bonds is 3. The van der Waals surface area contributed by atoms with Crippen LogP contribution in [0.15, 0.2) is 42.5 Å². The number of nitrogens with zero attached hydrogens (tertiary/aromatic N) is 2. The van der Waals surface area contributed by atoms with Crippen LogP contribution in [0.4, 0.5) is 4.79 Å². The smallest absolute Gasteiger partial charge is 0.325 e. The van der Waals surface area contributed by atoms with E-state index in [9.17, 15) is 14.4 Å². The predicted octanol–water partition coefficient (Wildman–Crippen LogP) is 3.68. The van der Waals surface area contributed by atoms with Crippen molar-refractivity contribution in [2.24, 2.45) is 0 Å². The van der Waals surface area contributed by atoms with Crippen LogP contribution in [0.2, 0.25) is 5.02 Å². The fourth-order valence-electron chi connectivity index (χ4n) is 4.20. The number of benzene rings is 2. The van der Waals surface area contributed by atoms with Gasteiger partial charge in [-0.05, 0) is 49.9 Å². The van der Waals surface area contributed by atoms with Crippen molar-refractivity contribution in [2.75, 3.05) is 13.1 Å². The Bertz CT molecular complexity index is 1030. The topological polar surface area (TPSA) is 69.7 Å². The van der Waals surface area contributed by atoms with Gasteiger partial charge < -0.3 is 10.2 Å². The first-order valence-electron chi connectivity index (χ1n) is 10.0. The van der Waals surface area contributed by atoms with Gasteiger partial charge in [-0.25, -0.2) is 4.79 Å². The lowest BCUT2D eigenvalue weighted by Gasteiger charge is -2.37. The van der Waals surface area contributed by atoms with E-state index in [1.807, 2.05) is 32.0 Å². The molecule has 4 amide bonds. The molecule has 0 radical (unpaired) electrons. The van der Waals surface area contributed by atoms with Crippen LogP contribution in [0, 0.1) is 13.8 Å². The van der Waals surface area contributed by atoms with Crippen LogP contribution in [-0.4, -0.2) is 46.3 Å². The Labute approximate surface area is 180 Å². The maximum absolute atomic E-state index is 13.2. The minimum atomic E-state index is -0.938. The number of imide groups is 1. The molecule has 0 bridgehead atoms. The number of hydrogen-bond donors (Lipinski definition) is 1. The second kappa shape index (κ2) is 7.76. The summed E-state index contributed by atoms with van der Waals surface area (Å²) >= 11 is 6.16. The molecular weight excluding hydrogens is 402 g/mol. The number of halogens is 1. The summed E-state index contributed by atoms with van der Waals surface area (Å²) in [7, 11) is 0. The standard InChI is InChI=1S/C23H24ClN3O3/c1-15-7-8-16(2)17(13-15)14-27-21(29)23(25-22(27)30)9-11-26(12-10-23)20(28)18-5-3-4-6-19(18)24/h3-8,13H,9-12,14H2,1-2H3,(H,25,30). The van der Waals surface area contributed by atoms with E-state index in [1.54, 1.807) is 29.2 Å².